The van der Waals surface area contributed by atoms with Crippen LogP contribution < -0.4 is 0 Å². The van der Waals surface area contributed by atoms with Crippen LogP contribution >= 0.6 is 0 Å². The topological polar surface area (TPSA) is 51.2 Å². The Labute approximate surface area is 216 Å². The molecule has 0 aromatic heterocycles. The summed E-state index contributed by atoms with van der Waals surface area (Å²) in [6.45, 7) is 20.0. The predicted molar refractivity (Wildman–Crippen MR) is 145 cm³/mol. The van der Waals surface area contributed by atoms with Gasteiger partial charge in [0.25, 0.3) is 0 Å². The highest BCUT2D eigenvalue weighted by Crippen LogP contribution is 2.56. The van der Waals surface area contributed by atoms with E-state index in [0.29, 0.717) is 5.57 Å². The van der Waals surface area contributed by atoms with Gasteiger partial charge >= 0.3 is 0 Å². The van der Waals surface area contributed by atoms with E-state index >= 15 is 0 Å². The maximum Gasteiger partial charge on any atom is 0.189 e. The second kappa shape index (κ2) is 8.69. The van der Waals surface area contributed by atoms with Crippen molar-refractivity contribution >= 4 is 17.3 Å². The first-order valence-corrected chi connectivity index (χ1v) is 13.3. The van der Waals surface area contributed by atoms with Crippen molar-refractivity contribution in [2.45, 2.75) is 94.4 Å². The Morgan fingerprint density at radius 1 is 1.11 bits per heavy atom. The molecule has 1 aromatic carbocycles. The van der Waals surface area contributed by atoms with Crippen LogP contribution in [0.4, 0.5) is 0 Å². The first kappa shape index (κ1) is 26.3. The number of hydrogen-bond donors (Lipinski definition) is 0. The van der Waals surface area contributed by atoms with E-state index in [1.807, 2.05) is 27.7 Å². The molecule has 36 heavy (non-hydrogen) atoms. The molecule has 3 unspecified atom stereocenters. The Morgan fingerprint density at radius 2 is 1.75 bits per heavy atom. The third kappa shape index (κ3) is 3.94. The zero-order valence-electron chi connectivity index (χ0n) is 23.7. The second-order valence-corrected chi connectivity index (χ2v) is 12.8. The van der Waals surface area contributed by atoms with Crippen LogP contribution in [-0.4, -0.2) is 17.3 Å². The maximum atomic E-state index is 14.3. The Hall–Kier alpha value is -2.73. The number of hydrogen-bond acceptors (Lipinski definition) is 3. The zero-order valence-corrected chi connectivity index (χ0v) is 23.7. The number of rotatable bonds is 2. The van der Waals surface area contributed by atoms with Crippen molar-refractivity contribution in [2.24, 2.45) is 22.7 Å². The summed E-state index contributed by atoms with van der Waals surface area (Å²) in [5, 5.41) is 0. The van der Waals surface area contributed by atoms with Crippen LogP contribution in [0.15, 0.2) is 28.4 Å². The summed E-state index contributed by atoms with van der Waals surface area (Å²) in [7, 11) is 0. The molecule has 190 valence electrons. The van der Waals surface area contributed by atoms with E-state index in [0.717, 1.165) is 58.2 Å². The number of carbonyl (C=O) groups is 3. The van der Waals surface area contributed by atoms with Gasteiger partial charge in [-0.15, -0.1) is 0 Å². The molecule has 0 radical (unpaired) electrons. The molecule has 3 atom stereocenters. The Bertz CT molecular complexity index is 1330. The van der Waals surface area contributed by atoms with Crippen molar-refractivity contribution in [3.63, 3.8) is 0 Å². The molecule has 0 bridgehead atoms. The van der Waals surface area contributed by atoms with Gasteiger partial charge in [0.15, 0.2) is 17.3 Å². The molecule has 3 aliphatic carbocycles. The molecule has 1 aromatic rings. The summed E-state index contributed by atoms with van der Waals surface area (Å²) in [5.74, 6) is 6.99. The molecule has 0 N–H and O–H groups in total. The average molecular weight is 485 g/mol. The normalized spacial score (nSPS) is 25.9. The molecule has 0 fully saturated rings. The number of Topliss-reactive ketones (excluding diaryl/α,β-unsaturated/α-hetero) is 3. The van der Waals surface area contributed by atoms with Crippen LogP contribution in [0.2, 0.25) is 0 Å². The molecule has 4 rings (SSSR count). The van der Waals surface area contributed by atoms with E-state index in [2.05, 4.69) is 52.5 Å². The SMILES string of the molecule is CC(=O)C1=C(C)CC2CC3Cc4c(C(C)C)cc(C#CC(C)(C)C)c(C)c4C(=O)C3=C(C)C2(C)C1=O. The minimum atomic E-state index is -0.808. The van der Waals surface area contributed by atoms with Crippen LogP contribution in [0.1, 0.15) is 114 Å². The lowest BCUT2D eigenvalue weighted by molar-refractivity contribution is -0.129. The van der Waals surface area contributed by atoms with Gasteiger partial charge in [-0.05, 0) is 115 Å². The highest BCUT2D eigenvalue weighted by atomic mass is 16.2. The lowest BCUT2D eigenvalue weighted by Crippen LogP contribution is -2.49. The quantitative estimate of drug-likeness (QED) is 0.332. The van der Waals surface area contributed by atoms with Gasteiger partial charge in [-0.3, -0.25) is 14.4 Å². The lowest BCUT2D eigenvalue weighted by atomic mass is 9.52. The van der Waals surface area contributed by atoms with Crippen LogP contribution in [0.5, 0.6) is 0 Å². The molecular weight excluding hydrogens is 444 g/mol. The highest BCUT2D eigenvalue weighted by Gasteiger charge is 2.54. The molecule has 3 nitrogen and oxygen atoms in total. The average Bonchev–Trinajstić information content (AvgIpc) is 2.74. The Balaban J connectivity index is 1.94. The Kier molecular flexibility index (Phi) is 6.35. The van der Waals surface area contributed by atoms with E-state index in [4.69, 9.17) is 0 Å². The second-order valence-electron chi connectivity index (χ2n) is 12.8. The van der Waals surface area contributed by atoms with E-state index in [9.17, 15) is 14.4 Å². The standard InChI is InChI=1S/C33H40O3/c1-17(2)25-15-22(11-12-32(7,8)9)19(4)28-26(25)16-23-14-24-13-18(3)27(21(6)34)31(36)33(24,10)20(5)29(23)30(28)35/h15,17,23-24H,13-14,16H2,1-10H3. The number of fused-ring (bicyclic) bond motifs is 3. The van der Waals surface area contributed by atoms with Gasteiger partial charge in [0.2, 0.25) is 0 Å². The van der Waals surface area contributed by atoms with Crippen molar-refractivity contribution < 1.29 is 14.4 Å². The van der Waals surface area contributed by atoms with Gasteiger partial charge in [0, 0.05) is 22.1 Å². The summed E-state index contributed by atoms with van der Waals surface area (Å²) in [5.41, 5.74) is 6.99. The summed E-state index contributed by atoms with van der Waals surface area (Å²) in [6, 6.07) is 2.20. The Morgan fingerprint density at radius 3 is 2.31 bits per heavy atom. The van der Waals surface area contributed by atoms with Crippen molar-refractivity contribution in [1.29, 1.82) is 0 Å². The van der Waals surface area contributed by atoms with Crippen molar-refractivity contribution in [3.8, 4) is 11.8 Å². The highest BCUT2D eigenvalue weighted by molar-refractivity contribution is 6.24. The summed E-state index contributed by atoms with van der Waals surface area (Å²) in [6.07, 6.45) is 2.35. The minimum Gasteiger partial charge on any atom is -0.294 e. The first-order chi connectivity index (χ1) is 16.6. The minimum absolute atomic E-state index is 0.0562. The lowest BCUT2D eigenvalue weighted by Gasteiger charge is -2.49. The largest absolute Gasteiger partial charge is 0.294 e. The summed E-state index contributed by atoms with van der Waals surface area (Å²) >= 11 is 0. The molecular formula is C33H40O3. The fourth-order valence-corrected chi connectivity index (χ4v) is 6.82. The third-order valence-electron chi connectivity index (χ3n) is 8.85. The van der Waals surface area contributed by atoms with Crippen molar-refractivity contribution in [3.05, 3.63) is 56.2 Å². The van der Waals surface area contributed by atoms with E-state index in [1.165, 1.54) is 12.5 Å². The predicted octanol–water partition coefficient (Wildman–Crippen LogP) is 7.09. The van der Waals surface area contributed by atoms with Crippen molar-refractivity contribution in [1.82, 2.24) is 0 Å². The first-order valence-electron chi connectivity index (χ1n) is 13.3. The van der Waals surface area contributed by atoms with Gasteiger partial charge in [0.05, 0.1) is 11.0 Å². The maximum absolute atomic E-state index is 14.3. The monoisotopic (exact) mass is 484 g/mol. The van der Waals surface area contributed by atoms with E-state index in [1.54, 1.807) is 0 Å². The summed E-state index contributed by atoms with van der Waals surface area (Å²) < 4.78 is 0. The number of carbonyl (C=O) groups excluding carboxylic acids is 3. The molecule has 3 aliphatic rings. The molecule has 0 amide bonds. The summed E-state index contributed by atoms with van der Waals surface area (Å²) in [4.78, 5) is 40.5. The van der Waals surface area contributed by atoms with Gasteiger partial charge in [-0.1, -0.05) is 36.8 Å². The molecule has 0 heterocycles. The zero-order chi connectivity index (χ0) is 26.9. The molecule has 0 saturated heterocycles. The van der Waals surface area contributed by atoms with Crippen LogP contribution in [0, 0.1) is 41.4 Å². The van der Waals surface area contributed by atoms with Gasteiger partial charge in [-0.25, -0.2) is 0 Å². The molecule has 0 saturated carbocycles. The molecule has 0 aliphatic heterocycles. The molecule has 0 spiro atoms. The van der Waals surface area contributed by atoms with Gasteiger partial charge in [-0.2, -0.15) is 0 Å². The number of benzene rings is 1. The van der Waals surface area contributed by atoms with Gasteiger partial charge < -0.3 is 0 Å². The third-order valence-corrected chi connectivity index (χ3v) is 8.85. The van der Waals surface area contributed by atoms with Crippen molar-refractivity contribution in [2.75, 3.05) is 0 Å². The fraction of sp³-hybridized carbons (Fsp3) is 0.545. The van der Waals surface area contributed by atoms with Crippen LogP contribution in [-0.2, 0) is 16.0 Å². The van der Waals surface area contributed by atoms with E-state index < -0.39 is 5.41 Å². The smallest absolute Gasteiger partial charge is 0.189 e. The number of allylic oxidation sites excluding steroid dienone is 4. The van der Waals surface area contributed by atoms with Crippen LogP contribution in [0.3, 0.4) is 0 Å². The van der Waals surface area contributed by atoms with Crippen LogP contribution in [0.25, 0.3) is 0 Å². The number of ketones is 3. The molecule has 3 heteroatoms. The van der Waals surface area contributed by atoms with E-state index in [-0.39, 0.29) is 40.5 Å². The fourth-order valence-electron chi connectivity index (χ4n) is 6.82. The van der Waals surface area contributed by atoms with Gasteiger partial charge in [0.1, 0.15) is 0 Å².